The van der Waals surface area contributed by atoms with Crippen LogP contribution in [0.1, 0.15) is 31.2 Å². The van der Waals surface area contributed by atoms with Crippen LogP contribution in [0, 0.1) is 11.8 Å². The van der Waals surface area contributed by atoms with Crippen LogP contribution in [0.2, 0.25) is 10.0 Å². The lowest BCUT2D eigenvalue weighted by Gasteiger charge is -2.19. The standard InChI is InChI=1S/C20H20Cl2N4O3/c21-15-7-3-4-12(18(15)22)10-26-16(8-9-23-26)24-17(27)11-25-19(28)13-5-1-2-6-14(13)20(25)29/h3-4,7-9,13-14H,1-2,5-6,10-11H2,(H,24,27)/t13-,14+. The van der Waals surface area contributed by atoms with Gasteiger partial charge in [-0.2, -0.15) is 5.10 Å². The van der Waals surface area contributed by atoms with E-state index in [0.717, 1.165) is 36.1 Å². The number of nitrogens with one attached hydrogen (secondary N) is 1. The minimum absolute atomic E-state index is 0.228. The third-order valence-corrected chi connectivity index (χ3v) is 6.43. The van der Waals surface area contributed by atoms with E-state index < -0.39 is 5.91 Å². The largest absolute Gasteiger partial charge is 0.309 e. The van der Waals surface area contributed by atoms with Crippen molar-refractivity contribution in [3.8, 4) is 0 Å². The van der Waals surface area contributed by atoms with Gasteiger partial charge in [-0.25, -0.2) is 4.68 Å². The Hall–Kier alpha value is -2.38. The first kappa shape index (κ1) is 19.9. The molecule has 1 N–H and O–H groups in total. The Bertz CT molecular complexity index is 950. The smallest absolute Gasteiger partial charge is 0.245 e. The quantitative estimate of drug-likeness (QED) is 0.731. The molecule has 9 heteroatoms. The van der Waals surface area contributed by atoms with Gasteiger partial charge >= 0.3 is 0 Å². The zero-order chi connectivity index (χ0) is 20.5. The van der Waals surface area contributed by atoms with Crippen molar-refractivity contribution in [3.63, 3.8) is 0 Å². The van der Waals surface area contributed by atoms with Crippen LogP contribution < -0.4 is 5.32 Å². The number of hydrogen-bond donors (Lipinski definition) is 1. The minimum Gasteiger partial charge on any atom is -0.309 e. The molecule has 2 atom stereocenters. The first-order valence-electron chi connectivity index (χ1n) is 9.55. The molecule has 1 saturated carbocycles. The van der Waals surface area contributed by atoms with Gasteiger partial charge in [-0.3, -0.25) is 19.3 Å². The molecule has 1 aliphatic carbocycles. The molecular weight excluding hydrogens is 415 g/mol. The van der Waals surface area contributed by atoms with Gasteiger partial charge in [-0.05, 0) is 24.5 Å². The van der Waals surface area contributed by atoms with E-state index in [1.165, 1.54) is 0 Å². The molecule has 0 radical (unpaired) electrons. The number of carbonyl (C=O) groups is 3. The van der Waals surface area contributed by atoms with Crippen LogP contribution in [0.25, 0.3) is 0 Å². The monoisotopic (exact) mass is 434 g/mol. The van der Waals surface area contributed by atoms with E-state index in [4.69, 9.17) is 23.2 Å². The zero-order valence-electron chi connectivity index (χ0n) is 15.6. The SMILES string of the molecule is O=C(CN1C(=O)[C@H]2CCCC[C@H]2C1=O)Nc1ccnn1Cc1cccc(Cl)c1Cl. The molecule has 1 aliphatic heterocycles. The molecule has 0 unspecified atom stereocenters. The van der Waals surface area contributed by atoms with Crippen molar-refractivity contribution >= 4 is 46.7 Å². The second-order valence-electron chi connectivity index (χ2n) is 7.40. The molecule has 7 nitrogen and oxygen atoms in total. The third-order valence-electron chi connectivity index (χ3n) is 5.57. The molecule has 2 aromatic rings. The fraction of sp³-hybridized carbons (Fsp3) is 0.400. The molecule has 2 fully saturated rings. The van der Waals surface area contributed by atoms with Gasteiger partial charge in [0.2, 0.25) is 17.7 Å². The normalized spacial score (nSPS) is 21.4. The number of anilines is 1. The van der Waals surface area contributed by atoms with Gasteiger partial charge in [-0.15, -0.1) is 0 Å². The lowest BCUT2D eigenvalue weighted by molar-refractivity contribution is -0.142. The van der Waals surface area contributed by atoms with Crippen molar-refractivity contribution < 1.29 is 14.4 Å². The number of imide groups is 1. The maximum Gasteiger partial charge on any atom is 0.245 e. The molecule has 3 amide bonds. The van der Waals surface area contributed by atoms with Gasteiger partial charge in [0.1, 0.15) is 12.4 Å². The van der Waals surface area contributed by atoms with Crippen molar-refractivity contribution in [1.82, 2.24) is 14.7 Å². The summed E-state index contributed by atoms with van der Waals surface area (Å²) in [7, 11) is 0. The minimum atomic E-state index is -0.440. The Morgan fingerprint density at radius 2 is 1.79 bits per heavy atom. The molecule has 0 bridgehead atoms. The van der Waals surface area contributed by atoms with Crippen LogP contribution in [0.5, 0.6) is 0 Å². The van der Waals surface area contributed by atoms with Crippen molar-refractivity contribution in [2.75, 3.05) is 11.9 Å². The number of halogens is 2. The van der Waals surface area contributed by atoms with Crippen molar-refractivity contribution in [2.24, 2.45) is 11.8 Å². The van der Waals surface area contributed by atoms with E-state index in [2.05, 4.69) is 10.4 Å². The Balaban J connectivity index is 1.43. The van der Waals surface area contributed by atoms with Crippen molar-refractivity contribution in [2.45, 2.75) is 32.2 Å². The van der Waals surface area contributed by atoms with Crippen LogP contribution in [0.15, 0.2) is 30.5 Å². The summed E-state index contributed by atoms with van der Waals surface area (Å²) >= 11 is 12.3. The highest BCUT2D eigenvalue weighted by molar-refractivity contribution is 6.42. The molecule has 0 spiro atoms. The summed E-state index contributed by atoms with van der Waals surface area (Å²) < 4.78 is 1.57. The Labute approximate surface area is 177 Å². The van der Waals surface area contributed by atoms with Crippen LogP contribution in [-0.2, 0) is 20.9 Å². The highest BCUT2D eigenvalue weighted by atomic mass is 35.5. The second kappa shape index (κ2) is 8.16. The lowest BCUT2D eigenvalue weighted by atomic mass is 9.81. The van der Waals surface area contributed by atoms with Gasteiger partial charge in [0.05, 0.1) is 34.6 Å². The predicted octanol–water partition coefficient (Wildman–Crippen LogP) is 3.35. The summed E-state index contributed by atoms with van der Waals surface area (Å²) in [5, 5.41) is 7.81. The molecule has 1 aromatic heterocycles. The molecule has 2 heterocycles. The number of hydrogen-bond acceptors (Lipinski definition) is 4. The summed E-state index contributed by atoms with van der Waals surface area (Å²) in [6.07, 6.45) is 4.90. The van der Waals surface area contributed by atoms with E-state index in [0.29, 0.717) is 22.4 Å². The van der Waals surface area contributed by atoms with Gasteiger partial charge in [0.25, 0.3) is 0 Å². The van der Waals surface area contributed by atoms with Gasteiger partial charge in [-0.1, -0.05) is 48.2 Å². The summed E-state index contributed by atoms with van der Waals surface area (Å²) in [5.74, 6) is -0.978. The number of rotatable bonds is 5. The molecule has 152 valence electrons. The Morgan fingerprint density at radius 3 is 2.48 bits per heavy atom. The molecule has 4 rings (SSSR count). The van der Waals surface area contributed by atoms with Gasteiger partial charge in [0.15, 0.2) is 0 Å². The number of fused-ring (bicyclic) bond motifs is 1. The first-order chi connectivity index (χ1) is 14.0. The van der Waals surface area contributed by atoms with E-state index in [9.17, 15) is 14.4 Å². The molecule has 1 aromatic carbocycles. The average molecular weight is 435 g/mol. The summed E-state index contributed by atoms with van der Waals surface area (Å²) in [5.41, 5.74) is 0.757. The maximum absolute atomic E-state index is 12.5. The summed E-state index contributed by atoms with van der Waals surface area (Å²) in [4.78, 5) is 38.7. The Kier molecular flexibility index (Phi) is 5.61. The topological polar surface area (TPSA) is 84.3 Å². The van der Waals surface area contributed by atoms with Crippen LogP contribution in [0.4, 0.5) is 5.82 Å². The highest BCUT2D eigenvalue weighted by Crippen LogP contribution is 2.37. The van der Waals surface area contributed by atoms with Crippen molar-refractivity contribution in [1.29, 1.82) is 0 Å². The van der Waals surface area contributed by atoms with Gasteiger partial charge < -0.3 is 5.32 Å². The maximum atomic E-state index is 12.5. The molecule has 1 saturated heterocycles. The third kappa shape index (κ3) is 3.89. The predicted molar refractivity (Wildman–Crippen MR) is 109 cm³/mol. The number of carbonyl (C=O) groups excluding carboxylic acids is 3. The zero-order valence-corrected chi connectivity index (χ0v) is 17.1. The fourth-order valence-electron chi connectivity index (χ4n) is 4.11. The summed E-state index contributed by atoms with van der Waals surface area (Å²) in [6.45, 7) is 0.0293. The van der Waals surface area contributed by atoms with E-state index >= 15 is 0 Å². The Morgan fingerprint density at radius 1 is 1.10 bits per heavy atom. The van der Waals surface area contributed by atoms with Gasteiger partial charge in [0, 0.05) is 6.07 Å². The van der Waals surface area contributed by atoms with Crippen molar-refractivity contribution in [3.05, 3.63) is 46.1 Å². The van der Waals surface area contributed by atoms with E-state index in [1.54, 1.807) is 29.1 Å². The van der Waals surface area contributed by atoms with E-state index in [1.807, 2.05) is 6.07 Å². The molecule has 2 aliphatic rings. The second-order valence-corrected chi connectivity index (χ2v) is 8.18. The van der Waals surface area contributed by atoms with E-state index in [-0.39, 0.29) is 30.2 Å². The molecular formula is C20H20Cl2N4O3. The number of aromatic nitrogens is 2. The number of nitrogens with zero attached hydrogens (tertiary/aromatic N) is 3. The van der Waals surface area contributed by atoms with Crippen LogP contribution >= 0.6 is 23.2 Å². The highest BCUT2D eigenvalue weighted by Gasteiger charge is 2.48. The van der Waals surface area contributed by atoms with Crippen LogP contribution in [-0.4, -0.2) is 38.9 Å². The van der Waals surface area contributed by atoms with Crippen LogP contribution in [0.3, 0.4) is 0 Å². The molecule has 29 heavy (non-hydrogen) atoms. The number of amides is 3. The number of likely N-dealkylation sites (tertiary alicyclic amines) is 1. The lowest BCUT2D eigenvalue weighted by Crippen LogP contribution is -2.38. The summed E-state index contributed by atoms with van der Waals surface area (Å²) in [6, 6.07) is 6.95. The average Bonchev–Trinajstić information content (AvgIpc) is 3.24. The fourth-order valence-corrected chi connectivity index (χ4v) is 4.49. The number of benzene rings is 1. The first-order valence-corrected chi connectivity index (χ1v) is 10.3.